The van der Waals surface area contributed by atoms with E-state index in [1.54, 1.807) is 12.1 Å². The Hall–Kier alpha value is -2.72. The molecule has 1 heterocycles. The molecule has 0 saturated heterocycles. The van der Waals surface area contributed by atoms with E-state index in [1.165, 1.54) is 29.2 Å². The normalized spacial score (nSPS) is 15.7. The maximum Gasteiger partial charge on any atom is 0.220 e. The van der Waals surface area contributed by atoms with Crippen LogP contribution in [0.15, 0.2) is 58.5 Å². The fourth-order valence-electron chi connectivity index (χ4n) is 2.20. The second kappa shape index (κ2) is 4.93. The zero-order valence-electron chi connectivity index (χ0n) is 11.0. The van der Waals surface area contributed by atoms with Crippen molar-refractivity contribution in [3.63, 3.8) is 0 Å². The number of benzene rings is 2. The van der Waals surface area contributed by atoms with Crippen LogP contribution in [-0.2, 0) is 9.84 Å². The van der Waals surface area contributed by atoms with Crippen molar-refractivity contribution in [3.05, 3.63) is 65.2 Å². The van der Waals surface area contributed by atoms with Gasteiger partial charge in [0.15, 0.2) is 16.5 Å². The standard InChI is InChI=1S/C15H8F2N2O2S/c16-12-6-5-10(7-13(12)17)19-9-11(8-18)22(20,21)15-4-2-1-3-14(15)19/h1-7,9H. The number of fused-ring (bicyclic) bond motifs is 1. The zero-order valence-corrected chi connectivity index (χ0v) is 11.8. The molecule has 2 aromatic carbocycles. The number of rotatable bonds is 1. The molecule has 0 atom stereocenters. The van der Waals surface area contributed by atoms with Gasteiger partial charge in [0.25, 0.3) is 0 Å². The van der Waals surface area contributed by atoms with Gasteiger partial charge in [-0.15, -0.1) is 0 Å². The number of halogens is 2. The van der Waals surface area contributed by atoms with Gasteiger partial charge in [0.05, 0.1) is 10.6 Å². The highest BCUT2D eigenvalue weighted by molar-refractivity contribution is 7.95. The summed E-state index contributed by atoms with van der Waals surface area (Å²) >= 11 is 0. The van der Waals surface area contributed by atoms with Crippen LogP contribution in [0.3, 0.4) is 0 Å². The van der Waals surface area contributed by atoms with Crippen LogP contribution in [0.5, 0.6) is 0 Å². The molecule has 0 saturated carbocycles. The predicted molar refractivity (Wildman–Crippen MR) is 75.8 cm³/mol. The van der Waals surface area contributed by atoms with E-state index in [4.69, 9.17) is 5.26 Å². The molecule has 4 nitrogen and oxygen atoms in total. The van der Waals surface area contributed by atoms with Crippen LogP contribution >= 0.6 is 0 Å². The molecule has 110 valence electrons. The fourth-order valence-corrected chi connectivity index (χ4v) is 3.50. The van der Waals surface area contributed by atoms with Crippen molar-refractivity contribution in [1.29, 1.82) is 5.26 Å². The monoisotopic (exact) mass is 318 g/mol. The zero-order chi connectivity index (χ0) is 15.9. The summed E-state index contributed by atoms with van der Waals surface area (Å²) in [5.41, 5.74) is 0.488. The van der Waals surface area contributed by atoms with E-state index in [1.807, 2.05) is 0 Å². The summed E-state index contributed by atoms with van der Waals surface area (Å²) in [5, 5.41) is 9.06. The molecule has 0 unspecified atom stereocenters. The molecule has 1 aliphatic rings. The SMILES string of the molecule is N#CC1=CN(c2ccc(F)c(F)c2)c2ccccc2S1(=O)=O. The van der Waals surface area contributed by atoms with Gasteiger partial charge in [0.1, 0.15) is 6.07 Å². The minimum atomic E-state index is -3.90. The van der Waals surface area contributed by atoms with Crippen LogP contribution in [0.1, 0.15) is 0 Å². The Balaban J connectivity index is 2.28. The first kappa shape index (κ1) is 14.2. The summed E-state index contributed by atoms with van der Waals surface area (Å²) in [5.74, 6) is -2.07. The lowest BCUT2D eigenvalue weighted by atomic mass is 10.2. The van der Waals surface area contributed by atoms with Gasteiger partial charge in [-0.3, -0.25) is 0 Å². The fraction of sp³-hybridized carbons (Fsp3) is 0. The van der Waals surface area contributed by atoms with Gasteiger partial charge in [-0.05, 0) is 24.3 Å². The van der Waals surface area contributed by atoms with Crippen molar-refractivity contribution in [2.24, 2.45) is 0 Å². The second-order valence-corrected chi connectivity index (χ2v) is 6.43. The minimum Gasteiger partial charge on any atom is -0.314 e. The Labute approximate surface area is 125 Å². The molecule has 0 amide bonds. The molecule has 0 aromatic heterocycles. The molecule has 0 aliphatic carbocycles. The van der Waals surface area contributed by atoms with Gasteiger partial charge >= 0.3 is 0 Å². The number of hydrogen-bond donors (Lipinski definition) is 0. The first-order chi connectivity index (χ1) is 10.4. The van der Waals surface area contributed by atoms with E-state index in [0.717, 1.165) is 18.3 Å². The van der Waals surface area contributed by atoms with Gasteiger partial charge in [-0.1, -0.05) is 12.1 Å². The van der Waals surface area contributed by atoms with Crippen molar-refractivity contribution in [1.82, 2.24) is 0 Å². The van der Waals surface area contributed by atoms with Gasteiger partial charge in [0, 0.05) is 18.0 Å². The average molecular weight is 318 g/mol. The van der Waals surface area contributed by atoms with Crippen LogP contribution in [0.25, 0.3) is 0 Å². The molecule has 0 radical (unpaired) electrons. The molecule has 0 fully saturated rings. The number of sulfone groups is 1. The quantitative estimate of drug-likeness (QED) is 0.810. The predicted octanol–water partition coefficient (Wildman–Crippen LogP) is 3.26. The minimum absolute atomic E-state index is 0.0567. The number of para-hydroxylation sites is 1. The number of allylic oxidation sites excluding steroid dienone is 1. The Morgan fingerprint density at radius 2 is 1.77 bits per heavy atom. The van der Waals surface area contributed by atoms with Crippen LogP contribution in [0.4, 0.5) is 20.2 Å². The summed E-state index contributed by atoms with van der Waals surface area (Å²) in [6.07, 6.45) is 1.10. The highest BCUT2D eigenvalue weighted by Gasteiger charge is 2.31. The highest BCUT2D eigenvalue weighted by Crippen LogP contribution is 2.39. The topological polar surface area (TPSA) is 61.2 Å². The maximum atomic E-state index is 13.4. The van der Waals surface area contributed by atoms with E-state index < -0.39 is 26.4 Å². The van der Waals surface area contributed by atoms with Gasteiger partial charge in [0.2, 0.25) is 9.84 Å². The lowest BCUT2D eigenvalue weighted by Crippen LogP contribution is -2.21. The summed E-state index contributed by atoms with van der Waals surface area (Å²) < 4.78 is 51.1. The van der Waals surface area contributed by atoms with E-state index in [9.17, 15) is 17.2 Å². The smallest absolute Gasteiger partial charge is 0.220 e. The summed E-state index contributed by atoms with van der Waals surface area (Å²) in [7, 11) is -3.90. The number of nitrogens with zero attached hydrogens (tertiary/aromatic N) is 2. The third kappa shape index (κ3) is 2.05. The number of nitriles is 1. The molecule has 7 heteroatoms. The first-order valence-electron chi connectivity index (χ1n) is 6.15. The molecule has 3 rings (SSSR count). The maximum absolute atomic E-state index is 13.4. The van der Waals surface area contributed by atoms with E-state index >= 15 is 0 Å². The highest BCUT2D eigenvalue weighted by atomic mass is 32.2. The molecule has 22 heavy (non-hydrogen) atoms. The third-order valence-electron chi connectivity index (χ3n) is 3.24. The van der Waals surface area contributed by atoms with E-state index in [2.05, 4.69) is 0 Å². The third-order valence-corrected chi connectivity index (χ3v) is 4.94. The summed E-state index contributed by atoms with van der Waals surface area (Å²) in [6.45, 7) is 0. The Kier molecular flexibility index (Phi) is 3.19. The van der Waals surface area contributed by atoms with Crippen molar-refractivity contribution in [2.45, 2.75) is 4.90 Å². The van der Waals surface area contributed by atoms with Gasteiger partial charge < -0.3 is 4.90 Å². The van der Waals surface area contributed by atoms with Gasteiger partial charge in [-0.25, -0.2) is 17.2 Å². The largest absolute Gasteiger partial charge is 0.314 e. The lowest BCUT2D eigenvalue weighted by Gasteiger charge is -2.27. The van der Waals surface area contributed by atoms with Crippen molar-refractivity contribution >= 4 is 21.2 Å². The molecular formula is C15H8F2N2O2S. The molecular weight excluding hydrogens is 310 g/mol. The Bertz CT molecular complexity index is 946. The molecule has 0 N–H and O–H groups in total. The second-order valence-electron chi connectivity index (χ2n) is 4.54. The first-order valence-corrected chi connectivity index (χ1v) is 7.64. The van der Waals surface area contributed by atoms with Gasteiger partial charge in [-0.2, -0.15) is 5.26 Å². The number of hydrogen-bond acceptors (Lipinski definition) is 4. The van der Waals surface area contributed by atoms with Crippen molar-refractivity contribution in [3.8, 4) is 6.07 Å². The average Bonchev–Trinajstić information content (AvgIpc) is 2.51. The van der Waals surface area contributed by atoms with E-state index in [0.29, 0.717) is 0 Å². The molecule has 1 aliphatic heterocycles. The van der Waals surface area contributed by atoms with Crippen LogP contribution in [0.2, 0.25) is 0 Å². The van der Waals surface area contributed by atoms with Crippen LogP contribution in [-0.4, -0.2) is 8.42 Å². The Morgan fingerprint density at radius 1 is 1.05 bits per heavy atom. The lowest BCUT2D eigenvalue weighted by molar-refractivity contribution is 0.509. The summed E-state index contributed by atoms with van der Waals surface area (Å²) in [4.78, 5) is 0.826. The van der Waals surface area contributed by atoms with Crippen molar-refractivity contribution < 1.29 is 17.2 Å². The number of anilines is 2. The van der Waals surface area contributed by atoms with E-state index in [-0.39, 0.29) is 16.3 Å². The Morgan fingerprint density at radius 3 is 2.45 bits per heavy atom. The molecule has 2 aromatic rings. The molecule has 0 spiro atoms. The van der Waals surface area contributed by atoms with Crippen LogP contribution in [0, 0.1) is 23.0 Å². The van der Waals surface area contributed by atoms with Crippen LogP contribution < -0.4 is 4.90 Å². The molecule has 0 bridgehead atoms. The summed E-state index contributed by atoms with van der Waals surface area (Å²) in [6, 6.07) is 10.8. The van der Waals surface area contributed by atoms with Crippen molar-refractivity contribution in [2.75, 3.05) is 4.90 Å².